The van der Waals surface area contributed by atoms with Crippen molar-refractivity contribution in [3.8, 4) is 0 Å². The zero-order chi connectivity index (χ0) is 13.8. The van der Waals surface area contributed by atoms with Crippen molar-refractivity contribution in [2.45, 2.75) is 31.5 Å². The highest BCUT2D eigenvalue weighted by Crippen LogP contribution is 2.17. The fourth-order valence-electron chi connectivity index (χ4n) is 1.90. The number of alkyl halides is 3. The first-order valence-corrected chi connectivity index (χ1v) is 5.61. The number of halogens is 3. The maximum Gasteiger partial charge on any atom is 0.401 e. The number of rotatable bonds is 4. The lowest BCUT2D eigenvalue weighted by Crippen LogP contribution is -2.51. The Morgan fingerprint density at radius 1 is 1.33 bits per heavy atom. The molecule has 1 unspecified atom stereocenters. The normalized spacial score (nSPS) is 20.8. The van der Waals surface area contributed by atoms with Gasteiger partial charge in [0, 0.05) is 6.54 Å². The van der Waals surface area contributed by atoms with Crippen LogP contribution >= 0.6 is 0 Å². The van der Waals surface area contributed by atoms with Crippen LogP contribution in [0, 0.1) is 0 Å². The average molecular weight is 268 g/mol. The Hall–Kier alpha value is -1.31. The van der Waals surface area contributed by atoms with Crippen molar-refractivity contribution in [2.24, 2.45) is 0 Å². The molecular weight excluding hydrogens is 253 g/mol. The highest BCUT2D eigenvalue weighted by Gasteiger charge is 2.32. The van der Waals surface area contributed by atoms with E-state index in [0.29, 0.717) is 19.3 Å². The molecule has 1 heterocycles. The fourth-order valence-corrected chi connectivity index (χ4v) is 1.90. The highest BCUT2D eigenvalue weighted by molar-refractivity contribution is 5.85. The van der Waals surface area contributed by atoms with E-state index in [0.717, 1.165) is 4.90 Å². The lowest BCUT2D eigenvalue weighted by atomic mass is 10.0. The van der Waals surface area contributed by atoms with E-state index >= 15 is 0 Å². The van der Waals surface area contributed by atoms with Crippen LogP contribution in [0.15, 0.2) is 0 Å². The molecule has 0 aromatic rings. The van der Waals surface area contributed by atoms with Gasteiger partial charge < -0.3 is 15.3 Å². The number of carbonyl (C=O) groups is 2. The van der Waals surface area contributed by atoms with Gasteiger partial charge in [0.2, 0.25) is 5.91 Å². The topological polar surface area (TPSA) is 69.6 Å². The van der Waals surface area contributed by atoms with Gasteiger partial charge in [-0.05, 0) is 19.3 Å². The van der Waals surface area contributed by atoms with Crippen LogP contribution in [0.4, 0.5) is 13.2 Å². The second kappa shape index (κ2) is 6.03. The zero-order valence-corrected chi connectivity index (χ0v) is 9.66. The quantitative estimate of drug-likeness (QED) is 0.783. The van der Waals surface area contributed by atoms with Crippen LogP contribution in [-0.4, -0.2) is 53.7 Å². The van der Waals surface area contributed by atoms with Gasteiger partial charge in [0.05, 0.1) is 13.1 Å². The summed E-state index contributed by atoms with van der Waals surface area (Å²) in [7, 11) is 0. The molecule has 18 heavy (non-hydrogen) atoms. The van der Waals surface area contributed by atoms with Gasteiger partial charge in [-0.2, -0.15) is 13.2 Å². The molecule has 0 bridgehead atoms. The molecule has 2 N–H and O–H groups in total. The van der Waals surface area contributed by atoms with Crippen molar-refractivity contribution >= 4 is 11.9 Å². The molecule has 1 rings (SSSR count). The van der Waals surface area contributed by atoms with E-state index in [2.05, 4.69) is 0 Å². The number of carboxylic acid groups (broad SMARTS) is 1. The molecule has 0 aromatic heterocycles. The van der Waals surface area contributed by atoms with Crippen LogP contribution in [0.3, 0.4) is 0 Å². The minimum absolute atomic E-state index is 0.281. The third-order valence-corrected chi connectivity index (χ3v) is 2.71. The summed E-state index contributed by atoms with van der Waals surface area (Å²) in [4.78, 5) is 23.7. The Bertz CT molecular complexity index is 320. The van der Waals surface area contributed by atoms with E-state index in [4.69, 9.17) is 5.11 Å². The largest absolute Gasteiger partial charge is 0.480 e. The molecular formula is C10H15F3N2O3. The van der Waals surface area contributed by atoms with Gasteiger partial charge in [-0.1, -0.05) is 0 Å². The molecule has 0 aromatic carbocycles. The number of hydrogen-bond acceptors (Lipinski definition) is 3. The summed E-state index contributed by atoms with van der Waals surface area (Å²) in [5.74, 6) is -1.72. The van der Waals surface area contributed by atoms with Crippen LogP contribution in [0.5, 0.6) is 0 Å². The highest BCUT2D eigenvalue weighted by atomic mass is 19.4. The predicted molar refractivity (Wildman–Crippen MR) is 55.9 cm³/mol. The van der Waals surface area contributed by atoms with Crippen molar-refractivity contribution in [1.82, 2.24) is 10.2 Å². The number of carboxylic acids is 1. The van der Waals surface area contributed by atoms with Crippen molar-refractivity contribution in [3.05, 3.63) is 0 Å². The standard InChI is InChI=1S/C10H15F3N2O3/c11-10(12,13)6-14-5-8(16)15-4-2-1-3-7(15)9(17)18/h7,14H,1-6H2,(H,17,18). The number of carbonyl (C=O) groups excluding carboxylic acids is 1. The molecule has 0 aliphatic carbocycles. The van der Waals surface area contributed by atoms with Gasteiger partial charge in [-0.15, -0.1) is 0 Å². The van der Waals surface area contributed by atoms with Crippen molar-refractivity contribution in [2.75, 3.05) is 19.6 Å². The first-order valence-electron chi connectivity index (χ1n) is 5.61. The van der Waals surface area contributed by atoms with Crippen LogP contribution in [0.2, 0.25) is 0 Å². The summed E-state index contributed by atoms with van der Waals surface area (Å²) in [6.07, 6.45) is -2.65. The van der Waals surface area contributed by atoms with Crippen molar-refractivity contribution in [1.29, 1.82) is 0 Å². The van der Waals surface area contributed by atoms with Gasteiger partial charge in [0.1, 0.15) is 6.04 Å². The Labute approximate surface area is 102 Å². The van der Waals surface area contributed by atoms with Gasteiger partial charge in [-0.25, -0.2) is 4.79 Å². The monoisotopic (exact) mass is 268 g/mol. The molecule has 104 valence electrons. The molecule has 1 amide bonds. The van der Waals surface area contributed by atoms with Gasteiger partial charge in [-0.3, -0.25) is 4.79 Å². The molecule has 0 saturated carbocycles. The van der Waals surface area contributed by atoms with E-state index in [1.807, 2.05) is 5.32 Å². The lowest BCUT2D eigenvalue weighted by molar-refractivity contribution is -0.152. The minimum atomic E-state index is -4.38. The van der Waals surface area contributed by atoms with E-state index < -0.39 is 37.2 Å². The molecule has 0 radical (unpaired) electrons. The van der Waals surface area contributed by atoms with E-state index in [9.17, 15) is 22.8 Å². The SMILES string of the molecule is O=C(O)C1CCCCN1C(=O)CNCC(F)(F)F. The second-order valence-electron chi connectivity index (χ2n) is 4.16. The first-order chi connectivity index (χ1) is 8.31. The van der Waals surface area contributed by atoms with Gasteiger partial charge >= 0.3 is 12.1 Å². The third-order valence-electron chi connectivity index (χ3n) is 2.71. The van der Waals surface area contributed by atoms with Crippen LogP contribution in [-0.2, 0) is 9.59 Å². The minimum Gasteiger partial charge on any atom is -0.480 e. The molecule has 5 nitrogen and oxygen atoms in total. The Morgan fingerprint density at radius 2 is 2.00 bits per heavy atom. The summed E-state index contributed by atoms with van der Waals surface area (Å²) < 4.78 is 35.6. The Kier molecular flexibility index (Phi) is 4.94. The predicted octanol–water partition coefficient (Wildman–Crippen LogP) is 0.604. The van der Waals surface area contributed by atoms with Crippen LogP contribution in [0.1, 0.15) is 19.3 Å². The molecule has 1 fully saturated rings. The van der Waals surface area contributed by atoms with Crippen molar-refractivity contribution in [3.63, 3.8) is 0 Å². The molecule has 8 heteroatoms. The lowest BCUT2D eigenvalue weighted by Gasteiger charge is -2.33. The number of likely N-dealkylation sites (tertiary alicyclic amines) is 1. The van der Waals surface area contributed by atoms with Gasteiger partial charge in [0.15, 0.2) is 0 Å². The molecule has 1 aliphatic rings. The number of hydrogen-bond donors (Lipinski definition) is 2. The maximum absolute atomic E-state index is 11.9. The average Bonchev–Trinajstić information content (AvgIpc) is 2.27. The number of aliphatic carboxylic acids is 1. The zero-order valence-electron chi connectivity index (χ0n) is 9.66. The Balaban J connectivity index is 2.46. The Morgan fingerprint density at radius 3 is 2.56 bits per heavy atom. The molecule has 1 saturated heterocycles. The summed E-state index contributed by atoms with van der Waals surface area (Å²) >= 11 is 0. The summed E-state index contributed by atoms with van der Waals surface area (Å²) in [6, 6.07) is -0.918. The number of piperidine rings is 1. The summed E-state index contributed by atoms with van der Waals surface area (Å²) in [5.41, 5.74) is 0. The summed E-state index contributed by atoms with van der Waals surface area (Å²) in [6.45, 7) is -1.48. The van der Waals surface area contributed by atoms with Gasteiger partial charge in [0.25, 0.3) is 0 Å². The van der Waals surface area contributed by atoms with E-state index in [1.54, 1.807) is 0 Å². The van der Waals surface area contributed by atoms with Crippen LogP contribution in [0.25, 0.3) is 0 Å². The smallest absolute Gasteiger partial charge is 0.401 e. The first kappa shape index (κ1) is 14.7. The third kappa shape index (κ3) is 4.52. The van der Waals surface area contributed by atoms with Crippen molar-refractivity contribution < 1.29 is 27.9 Å². The number of nitrogens with one attached hydrogen (secondary N) is 1. The van der Waals surface area contributed by atoms with Crippen LogP contribution < -0.4 is 5.32 Å². The second-order valence-corrected chi connectivity index (χ2v) is 4.16. The van der Waals surface area contributed by atoms with E-state index in [1.165, 1.54) is 0 Å². The number of amides is 1. The molecule has 0 spiro atoms. The number of nitrogens with zero attached hydrogens (tertiary/aromatic N) is 1. The summed E-state index contributed by atoms with van der Waals surface area (Å²) in [5, 5.41) is 10.9. The fraction of sp³-hybridized carbons (Fsp3) is 0.800. The maximum atomic E-state index is 11.9. The van der Waals surface area contributed by atoms with E-state index in [-0.39, 0.29) is 6.54 Å². The molecule has 1 atom stereocenters. The molecule has 1 aliphatic heterocycles.